The summed E-state index contributed by atoms with van der Waals surface area (Å²) < 4.78 is 10.9. The van der Waals surface area contributed by atoms with Crippen molar-refractivity contribution in [1.82, 2.24) is 10.3 Å². The van der Waals surface area contributed by atoms with Gasteiger partial charge in [-0.1, -0.05) is 20.3 Å². The Morgan fingerprint density at radius 3 is 3.20 bits per heavy atom. The van der Waals surface area contributed by atoms with Crippen molar-refractivity contribution in [2.75, 3.05) is 19.8 Å². The first kappa shape index (κ1) is 14.8. The molecule has 0 saturated carbocycles. The maximum atomic E-state index is 12.0. The Hall–Kier alpha value is -1.62. The van der Waals surface area contributed by atoms with Gasteiger partial charge in [0.2, 0.25) is 5.88 Å². The number of ether oxygens (including phenoxy) is 2. The third-order valence-corrected chi connectivity index (χ3v) is 3.48. The summed E-state index contributed by atoms with van der Waals surface area (Å²) in [7, 11) is 0. The van der Waals surface area contributed by atoms with Gasteiger partial charge in [-0.3, -0.25) is 4.79 Å². The predicted molar refractivity (Wildman–Crippen MR) is 75.9 cm³/mol. The van der Waals surface area contributed by atoms with Gasteiger partial charge >= 0.3 is 0 Å². The average molecular weight is 278 g/mol. The SMILES string of the molecule is CCC(C)CNC(=O)c1ccnc(OC2CCOC2)c1. The van der Waals surface area contributed by atoms with Gasteiger partial charge in [0.15, 0.2) is 0 Å². The Kier molecular flexibility index (Phi) is 5.35. The molecule has 0 radical (unpaired) electrons. The molecule has 20 heavy (non-hydrogen) atoms. The van der Waals surface area contributed by atoms with Gasteiger partial charge in [0.25, 0.3) is 5.91 Å². The van der Waals surface area contributed by atoms with Crippen molar-refractivity contribution >= 4 is 5.91 Å². The molecule has 1 aliphatic rings. The van der Waals surface area contributed by atoms with Crippen LogP contribution in [0, 0.1) is 5.92 Å². The number of nitrogens with one attached hydrogen (secondary N) is 1. The number of hydrogen-bond donors (Lipinski definition) is 1. The molecule has 1 aliphatic heterocycles. The molecule has 110 valence electrons. The number of rotatable bonds is 6. The third-order valence-electron chi connectivity index (χ3n) is 3.48. The summed E-state index contributed by atoms with van der Waals surface area (Å²) in [6.45, 7) is 6.22. The van der Waals surface area contributed by atoms with Gasteiger partial charge in [-0.25, -0.2) is 4.98 Å². The van der Waals surface area contributed by atoms with E-state index >= 15 is 0 Å². The van der Waals surface area contributed by atoms with Crippen molar-refractivity contribution in [3.05, 3.63) is 23.9 Å². The Labute approximate surface area is 119 Å². The largest absolute Gasteiger partial charge is 0.472 e. The second kappa shape index (κ2) is 7.24. The van der Waals surface area contributed by atoms with Crippen LogP contribution >= 0.6 is 0 Å². The van der Waals surface area contributed by atoms with Crippen LogP contribution in [0.5, 0.6) is 5.88 Å². The van der Waals surface area contributed by atoms with Crippen LogP contribution in [-0.4, -0.2) is 36.8 Å². The highest BCUT2D eigenvalue weighted by Crippen LogP contribution is 2.15. The topological polar surface area (TPSA) is 60.5 Å². The molecule has 1 fully saturated rings. The number of nitrogens with zero attached hydrogens (tertiary/aromatic N) is 1. The van der Waals surface area contributed by atoms with Crippen molar-refractivity contribution in [3.63, 3.8) is 0 Å². The Bertz CT molecular complexity index is 444. The van der Waals surface area contributed by atoms with Crippen LogP contribution in [0.2, 0.25) is 0 Å². The molecule has 2 unspecified atom stereocenters. The van der Waals surface area contributed by atoms with Gasteiger partial charge < -0.3 is 14.8 Å². The van der Waals surface area contributed by atoms with E-state index in [4.69, 9.17) is 9.47 Å². The molecule has 1 aromatic rings. The van der Waals surface area contributed by atoms with E-state index in [9.17, 15) is 4.79 Å². The highest BCUT2D eigenvalue weighted by atomic mass is 16.5. The highest BCUT2D eigenvalue weighted by molar-refractivity contribution is 5.94. The fourth-order valence-corrected chi connectivity index (χ4v) is 1.91. The molecule has 1 aromatic heterocycles. The lowest BCUT2D eigenvalue weighted by atomic mass is 10.1. The lowest BCUT2D eigenvalue weighted by Crippen LogP contribution is -2.28. The quantitative estimate of drug-likeness (QED) is 0.865. The molecule has 5 nitrogen and oxygen atoms in total. The van der Waals surface area contributed by atoms with Crippen molar-refractivity contribution in [3.8, 4) is 5.88 Å². The monoisotopic (exact) mass is 278 g/mol. The third kappa shape index (κ3) is 4.20. The maximum Gasteiger partial charge on any atom is 0.251 e. The van der Waals surface area contributed by atoms with Gasteiger partial charge in [-0.05, 0) is 12.0 Å². The van der Waals surface area contributed by atoms with Gasteiger partial charge in [0.05, 0.1) is 13.2 Å². The Balaban J connectivity index is 1.92. The minimum Gasteiger partial charge on any atom is -0.472 e. The summed E-state index contributed by atoms with van der Waals surface area (Å²) >= 11 is 0. The van der Waals surface area contributed by atoms with Crippen molar-refractivity contribution in [2.45, 2.75) is 32.8 Å². The van der Waals surface area contributed by atoms with Crippen LogP contribution < -0.4 is 10.1 Å². The minimum absolute atomic E-state index is 0.0425. The highest BCUT2D eigenvalue weighted by Gasteiger charge is 2.18. The Morgan fingerprint density at radius 2 is 2.50 bits per heavy atom. The lowest BCUT2D eigenvalue weighted by Gasteiger charge is -2.12. The number of aromatic nitrogens is 1. The standard InChI is InChI=1S/C15H22N2O3/c1-3-11(2)9-17-15(18)12-4-6-16-14(8-12)20-13-5-7-19-10-13/h4,6,8,11,13H,3,5,7,9-10H2,1-2H3,(H,17,18). The van der Waals surface area contributed by atoms with E-state index in [2.05, 4.69) is 24.1 Å². The lowest BCUT2D eigenvalue weighted by molar-refractivity contribution is 0.0946. The molecule has 0 spiro atoms. The second-order valence-electron chi connectivity index (χ2n) is 5.21. The molecule has 2 atom stereocenters. The molecular weight excluding hydrogens is 256 g/mol. The Morgan fingerprint density at radius 1 is 1.65 bits per heavy atom. The molecule has 2 heterocycles. The van der Waals surface area contributed by atoms with E-state index in [1.807, 2.05) is 0 Å². The first-order valence-corrected chi connectivity index (χ1v) is 7.17. The van der Waals surface area contributed by atoms with E-state index in [1.165, 1.54) is 0 Å². The minimum atomic E-state index is -0.0831. The molecule has 1 saturated heterocycles. The molecule has 0 aliphatic carbocycles. The molecule has 2 rings (SSSR count). The first-order valence-electron chi connectivity index (χ1n) is 7.17. The second-order valence-corrected chi connectivity index (χ2v) is 5.21. The molecule has 5 heteroatoms. The van der Waals surface area contributed by atoms with Crippen LogP contribution in [0.4, 0.5) is 0 Å². The summed E-state index contributed by atoms with van der Waals surface area (Å²) in [6.07, 6.45) is 3.56. The zero-order valence-electron chi connectivity index (χ0n) is 12.1. The summed E-state index contributed by atoms with van der Waals surface area (Å²) in [4.78, 5) is 16.2. The van der Waals surface area contributed by atoms with Gasteiger partial charge in [0, 0.05) is 30.8 Å². The van der Waals surface area contributed by atoms with Crippen LogP contribution in [0.3, 0.4) is 0 Å². The average Bonchev–Trinajstić information content (AvgIpc) is 2.97. The summed E-state index contributed by atoms with van der Waals surface area (Å²) in [5.74, 6) is 0.879. The van der Waals surface area contributed by atoms with Crippen LogP contribution in [0.15, 0.2) is 18.3 Å². The van der Waals surface area contributed by atoms with Crippen LogP contribution in [0.1, 0.15) is 37.0 Å². The molecule has 1 N–H and O–H groups in total. The fraction of sp³-hybridized carbons (Fsp3) is 0.600. The summed E-state index contributed by atoms with van der Waals surface area (Å²) in [6, 6.07) is 3.38. The number of carbonyl (C=O) groups excluding carboxylic acids is 1. The number of pyridine rings is 1. The number of amides is 1. The smallest absolute Gasteiger partial charge is 0.251 e. The molecule has 0 bridgehead atoms. The summed E-state index contributed by atoms with van der Waals surface area (Å²) in [5.41, 5.74) is 0.581. The van der Waals surface area contributed by atoms with Crippen molar-refractivity contribution in [2.24, 2.45) is 5.92 Å². The molecular formula is C15H22N2O3. The predicted octanol–water partition coefficient (Wildman–Crippen LogP) is 2.03. The zero-order chi connectivity index (χ0) is 14.4. The van der Waals surface area contributed by atoms with E-state index < -0.39 is 0 Å². The van der Waals surface area contributed by atoms with E-state index in [-0.39, 0.29) is 12.0 Å². The summed E-state index contributed by atoms with van der Waals surface area (Å²) in [5, 5.41) is 2.92. The zero-order valence-corrected chi connectivity index (χ0v) is 12.1. The van der Waals surface area contributed by atoms with Crippen molar-refractivity contribution in [1.29, 1.82) is 0 Å². The van der Waals surface area contributed by atoms with Crippen LogP contribution in [-0.2, 0) is 4.74 Å². The van der Waals surface area contributed by atoms with E-state index in [0.29, 0.717) is 30.5 Å². The molecule has 1 amide bonds. The fourth-order valence-electron chi connectivity index (χ4n) is 1.91. The maximum absolute atomic E-state index is 12.0. The van der Waals surface area contributed by atoms with E-state index in [1.54, 1.807) is 18.3 Å². The van der Waals surface area contributed by atoms with Gasteiger partial charge in [-0.2, -0.15) is 0 Å². The van der Waals surface area contributed by atoms with Crippen molar-refractivity contribution < 1.29 is 14.3 Å². The van der Waals surface area contributed by atoms with Gasteiger partial charge in [0.1, 0.15) is 6.10 Å². The van der Waals surface area contributed by atoms with Crippen LogP contribution in [0.25, 0.3) is 0 Å². The number of carbonyl (C=O) groups is 1. The first-order chi connectivity index (χ1) is 9.69. The van der Waals surface area contributed by atoms with E-state index in [0.717, 1.165) is 19.4 Å². The number of hydrogen-bond acceptors (Lipinski definition) is 4. The normalized spacial score (nSPS) is 19.6. The molecule has 0 aromatic carbocycles. The van der Waals surface area contributed by atoms with Gasteiger partial charge in [-0.15, -0.1) is 0 Å².